The van der Waals surface area contributed by atoms with Crippen molar-refractivity contribution in [2.45, 2.75) is 62.7 Å². The van der Waals surface area contributed by atoms with E-state index in [4.69, 9.17) is 11.5 Å². The summed E-state index contributed by atoms with van der Waals surface area (Å²) < 4.78 is 0. The molecule has 0 spiro atoms. The summed E-state index contributed by atoms with van der Waals surface area (Å²) in [5.74, 6) is -5.14. The van der Waals surface area contributed by atoms with E-state index >= 15 is 0 Å². The number of fused-ring (bicyclic) bond motifs is 1. The highest BCUT2D eigenvalue weighted by Crippen LogP contribution is 2.19. The standard InChI is InChI=1S/C27H36N8O7/c28-8-4-3-7-20(27(41)42)33-25(39)21(9-15-12-31-19-6-2-1-5-17(15)19)35-26(40)22(11-23(36)37)34-24(38)18(29)10-16-13-30-14-32-16/h1-2,5-6,12-14,18,20-22,31H,3-4,7-11,28-29H2,(H,30,32)(H,33,39)(H,34,38)(H,35,40)(H,36,37)(H,41,42). The van der Waals surface area contributed by atoms with Gasteiger partial charge in [0.1, 0.15) is 18.1 Å². The van der Waals surface area contributed by atoms with Crippen molar-refractivity contribution in [2.24, 2.45) is 11.5 Å². The zero-order chi connectivity index (χ0) is 30.6. The lowest BCUT2D eigenvalue weighted by molar-refractivity contribution is -0.143. The fourth-order valence-electron chi connectivity index (χ4n) is 4.41. The molecule has 1 aromatic carbocycles. The Morgan fingerprint density at radius 1 is 0.881 bits per heavy atom. The van der Waals surface area contributed by atoms with E-state index in [2.05, 4.69) is 30.9 Å². The first-order valence-corrected chi connectivity index (χ1v) is 13.4. The van der Waals surface area contributed by atoms with E-state index in [0.717, 1.165) is 10.9 Å². The van der Waals surface area contributed by atoms with Crippen LogP contribution in [0.1, 0.15) is 36.9 Å². The lowest BCUT2D eigenvalue weighted by Gasteiger charge is -2.24. The molecule has 2 heterocycles. The molecule has 0 bridgehead atoms. The highest BCUT2D eigenvalue weighted by Gasteiger charge is 2.32. The normalized spacial score (nSPS) is 14.0. The number of hydrogen-bond donors (Lipinski definition) is 9. The van der Waals surface area contributed by atoms with Crippen molar-refractivity contribution in [3.05, 3.63) is 54.2 Å². The molecule has 0 saturated carbocycles. The zero-order valence-corrected chi connectivity index (χ0v) is 22.8. The van der Waals surface area contributed by atoms with Crippen molar-refractivity contribution in [3.8, 4) is 0 Å². The Labute approximate surface area is 240 Å². The van der Waals surface area contributed by atoms with Gasteiger partial charge in [0, 0.05) is 41.8 Å². The minimum Gasteiger partial charge on any atom is -0.481 e. The Balaban J connectivity index is 1.81. The monoisotopic (exact) mass is 584 g/mol. The Morgan fingerprint density at radius 3 is 2.24 bits per heavy atom. The number of imidazole rings is 1. The number of aromatic nitrogens is 3. The molecule has 226 valence electrons. The number of hydrogen-bond acceptors (Lipinski definition) is 8. The number of carboxylic acid groups (broad SMARTS) is 2. The van der Waals surface area contributed by atoms with Crippen LogP contribution in [0.4, 0.5) is 0 Å². The highest BCUT2D eigenvalue weighted by molar-refractivity contribution is 5.96. The van der Waals surface area contributed by atoms with Gasteiger partial charge < -0.3 is 47.6 Å². The number of H-pyrrole nitrogens is 2. The van der Waals surface area contributed by atoms with E-state index in [-0.39, 0.29) is 19.3 Å². The number of nitrogens with zero attached hydrogens (tertiary/aromatic N) is 1. The van der Waals surface area contributed by atoms with Crippen molar-refractivity contribution in [1.82, 2.24) is 30.9 Å². The van der Waals surface area contributed by atoms with Gasteiger partial charge in [-0.15, -0.1) is 0 Å². The maximum atomic E-state index is 13.4. The van der Waals surface area contributed by atoms with Crippen LogP contribution in [0.15, 0.2) is 43.0 Å². The van der Waals surface area contributed by atoms with Gasteiger partial charge in [-0.2, -0.15) is 0 Å². The third-order valence-electron chi connectivity index (χ3n) is 6.64. The van der Waals surface area contributed by atoms with Crippen molar-refractivity contribution < 1.29 is 34.2 Å². The number of carboxylic acids is 2. The van der Waals surface area contributed by atoms with Crippen molar-refractivity contribution in [3.63, 3.8) is 0 Å². The quantitative estimate of drug-likeness (QED) is 0.0887. The molecule has 15 nitrogen and oxygen atoms in total. The summed E-state index contributed by atoms with van der Waals surface area (Å²) in [5.41, 5.74) is 13.4. The molecule has 0 aliphatic carbocycles. The number of aliphatic carboxylic acids is 2. The molecule has 0 aliphatic heterocycles. The van der Waals surface area contributed by atoms with Crippen LogP contribution in [0.2, 0.25) is 0 Å². The molecule has 0 radical (unpaired) electrons. The summed E-state index contributed by atoms with van der Waals surface area (Å²) >= 11 is 0. The predicted molar refractivity (Wildman–Crippen MR) is 151 cm³/mol. The summed E-state index contributed by atoms with van der Waals surface area (Å²) in [7, 11) is 0. The molecule has 42 heavy (non-hydrogen) atoms. The number of para-hydroxylation sites is 1. The Kier molecular flexibility index (Phi) is 11.6. The molecule has 0 fully saturated rings. The van der Waals surface area contributed by atoms with E-state index in [1.807, 2.05) is 18.2 Å². The molecule has 3 aromatic rings. The van der Waals surface area contributed by atoms with Crippen molar-refractivity contribution in [2.75, 3.05) is 6.54 Å². The second-order valence-electron chi connectivity index (χ2n) is 9.86. The molecule has 3 rings (SSSR count). The molecule has 11 N–H and O–H groups in total. The number of carbonyl (C=O) groups is 5. The van der Waals surface area contributed by atoms with Gasteiger partial charge in [-0.1, -0.05) is 18.2 Å². The topological polar surface area (TPSA) is 258 Å². The molecule has 3 amide bonds. The van der Waals surface area contributed by atoms with Gasteiger partial charge in [0.15, 0.2) is 0 Å². The molecule has 0 saturated heterocycles. The maximum Gasteiger partial charge on any atom is 0.326 e. The minimum atomic E-state index is -1.57. The number of nitrogens with one attached hydrogen (secondary N) is 5. The van der Waals surface area contributed by atoms with E-state index in [9.17, 15) is 34.2 Å². The first-order chi connectivity index (χ1) is 20.1. The van der Waals surface area contributed by atoms with E-state index in [1.165, 1.54) is 12.5 Å². The van der Waals surface area contributed by atoms with E-state index in [1.54, 1.807) is 12.3 Å². The van der Waals surface area contributed by atoms with Crippen LogP contribution >= 0.6 is 0 Å². The summed E-state index contributed by atoms with van der Waals surface area (Å²) in [5, 5.41) is 27.2. The van der Waals surface area contributed by atoms with Crippen LogP contribution in [0.25, 0.3) is 10.9 Å². The lowest BCUT2D eigenvalue weighted by atomic mass is 10.0. The van der Waals surface area contributed by atoms with Gasteiger partial charge in [0.25, 0.3) is 0 Å². The summed E-state index contributed by atoms with van der Waals surface area (Å²) in [6.45, 7) is 0.363. The average Bonchev–Trinajstić information content (AvgIpc) is 3.61. The van der Waals surface area contributed by atoms with Gasteiger partial charge in [0.2, 0.25) is 17.7 Å². The smallest absolute Gasteiger partial charge is 0.326 e. The number of amides is 3. The predicted octanol–water partition coefficient (Wildman–Crippen LogP) is -0.854. The first-order valence-electron chi connectivity index (χ1n) is 13.4. The fourth-order valence-corrected chi connectivity index (χ4v) is 4.41. The third-order valence-corrected chi connectivity index (χ3v) is 6.64. The molecule has 2 aromatic heterocycles. The lowest BCUT2D eigenvalue weighted by Crippen LogP contribution is -2.58. The second-order valence-corrected chi connectivity index (χ2v) is 9.86. The number of benzene rings is 1. The van der Waals surface area contributed by atoms with Gasteiger partial charge in [-0.3, -0.25) is 19.2 Å². The van der Waals surface area contributed by atoms with Crippen LogP contribution in [0.5, 0.6) is 0 Å². The number of rotatable bonds is 17. The number of nitrogens with two attached hydrogens (primary N) is 2. The van der Waals surface area contributed by atoms with Gasteiger partial charge >= 0.3 is 11.9 Å². The van der Waals surface area contributed by atoms with Gasteiger partial charge in [-0.25, -0.2) is 9.78 Å². The molecule has 15 heteroatoms. The molecular formula is C27H36N8O7. The summed E-state index contributed by atoms with van der Waals surface area (Å²) in [6.07, 6.45) is 4.91. The maximum absolute atomic E-state index is 13.4. The number of carbonyl (C=O) groups excluding carboxylic acids is 3. The summed E-state index contributed by atoms with van der Waals surface area (Å²) in [6, 6.07) is 2.04. The molecule has 4 atom stereocenters. The summed E-state index contributed by atoms with van der Waals surface area (Å²) in [4.78, 5) is 72.6. The minimum absolute atomic E-state index is 0.0518. The third kappa shape index (κ3) is 9.14. The van der Waals surface area contributed by atoms with Crippen LogP contribution in [-0.4, -0.2) is 85.5 Å². The Hall–Kier alpha value is -4.76. The number of aromatic amines is 2. The van der Waals surface area contributed by atoms with Crippen LogP contribution in [0.3, 0.4) is 0 Å². The first kappa shape index (κ1) is 31.8. The zero-order valence-electron chi connectivity index (χ0n) is 22.8. The van der Waals surface area contributed by atoms with E-state index < -0.39 is 60.2 Å². The Morgan fingerprint density at radius 2 is 1.57 bits per heavy atom. The van der Waals surface area contributed by atoms with Crippen LogP contribution in [0, 0.1) is 0 Å². The van der Waals surface area contributed by atoms with E-state index in [0.29, 0.717) is 30.6 Å². The number of unbranched alkanes of at least 4 members (excludes halogenated alkanes) is 1. The largest absolute Gasteiger partial charge is 0.481 e. The van der Waals surface area contributed by atoms with Gasteiger partial charge in [0.05, 0.1) is 18.8 Å². The highest BCUT2D eigenvalue weighted by atomic mass is 16.4. The average molecular weight is 585 g/mol. The fraction of sp³-hybridized carbons (Fsp3) is 0.407. The van der Waals surface area contributed by atoms with Crippen LogP contribution in [-0.2, 0) is 36.8 Å². The second kappa shape index (κ2) is 15.3. The Bertz CT molecular complexity index is 1370. The van der Waals surface area contributed by atoms with Crippen molar-refractivity contribution >= 4 is 40.6 Å². The van der Waals surface area contributed by atoms with Crippen molar-refractivity contribution in [1.29, 1.82) is 0 Å². The van der Waals surface area contributed by atoms with Gasteiger partial charge in [-0.05, 0) is 37.4 Å². The molecular weight excluding hydrogens is 548 g/mol. The van der Waals surface area contributed by atoms with Crippen LogP contribution < -0.4 is 27.4 Å². The molecule has 0 aliphatic rings. The molecule has 4 unspecified atom stereocenters. The SMILES string of the molecule is NCCCCC(NC(=O)C(Cc1c[nH]c2ccccc12)NC(=O)C(CC(=O)O)NC(=O)C(N)Cc1cnc[nH]1)C(=O)O.